The average Bonchev–Trinajstić information content (AvgIpc) is 2.79. The second-order valence-electron chi connectivity index (χ2n) is 5.38. The number of anilines is 2. The van der Waals surface area contributed by atoms with E-state index >= 15 is 0 Å². The fourth-order valence-electron chi connectivity index (χ4n) is 2.26. The molecule has 6 heteroatoms. The SMILES string of the molecule is Cc1ccc(N2C(=O)SC(Nc3ccc(C)c(Cl)c3)C2=O)cc1. The summed E-state index contributed by atoms with van der Waals surface area (Å²) in [4.78, 5) is 25.9. The average molecular weight is 347 g/mol. The van der Waals surface area contributed by atoms with Gasteiger partial charge in [-0.25, -0.2) is 4.90 Å². The first-order valence-electron chi connectivity index (χ1n) is 7.09. The lowest BCUT2D eigenvalue weighted by atomic mass is 10.2. The van der Waals surface area contributed by atoms with Gasteiger partial charge >= 0.3 is 0 Å². The number of hydrogen-bond donors (Lipinski definition) is 1. The first kappa shape index (κ1) is 15.9. The number of thioether (sulfide) groups is 1. The molecule has 1 N–H and O–H groups in total. The van der Waals surface area contributed by atoms with Gasteiger partial charge in [-0.15, -0.1) is 0 Å². The lowest BCUT2D eigenvalue weighted by Crippen LogP contribution is -2.34. The van der Waals surface area contributed by atoms with Crippen molar-refractivity contribution < 1.29 is 9.59 Å². The highest BCUT2D eigenvalue weighted by atomic mass is 35.5. The van der Waals surface area contributed by atoms with Gasteiger partial charge in [0.15, 0.2) is 5.37 Å². The quantitative estimate of drug-likeness (QED) is 0.882. The molecule has 0 spiro atoms. The van der Waals surface area contributed by atoms with Crippen molar-refractivity contribution in [1.29, 1.82) is 0 Å². The molecule has 118 valence electrons. The molecule has 0 saturated carbocycles. The van der Waals surface area contributed by atoms with Gasteiger partial charge in [0.2, 0.25) is 0 Å². The van der Waals surface area contributed by atoms with E-state index in [0.29, 0.717) is 16.4 Å². The summed E-state index contributed by atoms with van der Waals surface area (Å²) < 4.78 is 0. The van der Waals surface area contributed by atoms with E-state index in [-0.39, 0.29) is 11.1 Å². The van der Waals surface area contributed by atoms with Crippen LogP contribution in [-0.4, -0.2) is 16.5 Å². The summed E-state index contributed by atoms with van der Waals surface area (Å²) >= 11 is 7.06. The van der Waals surface area contributed by atoms with Crippen LogP contribution in [-0.2, 0) is 4.79 Å². The van der Waals surface area contributed by atoms with E-state index in [9.17, 15) is 9.59 Å². The first-order chi connectivity index (χ1) is 11.0. The standard InChI is InChI=1S/C17H15ClN2O2S/c1-10-3-7-13(8-4-10)20-16(21)15(23-17(20)22)19-12-6-5-11(2)14(18)9-12/h3-9,15,19H,1-2H3. The zero-order valence-corrected chi connectivity index (χ0v) is 14.2. The van der Waals surface area contributed by atoms with Gasteiger partial charge in [-0.05, 0) is 55.4 Å². The number of rotatable bonds is 3. The fourth-order valence-corrected chi connectivity index (χ4v) is 3.35. The van der Waals surface area contributed by atoms with Crippen LogP contribution in [0, 0.1) is 13.8 Å². The highest BCUT2D eigenvalue weighted by Crippen LogP contribution is 2.33. The molecule has 3 rings (SSSR count). The predicted octanol–water partition coefficient (Wildman–Crippen LogP) is 4.59. The normalized spacial score (nSPS) is 17.7. The van der Waals surface area contributed by atoms with Gasteiger partial charge < -0.3 is 5.32 Å². The van der Waals surface area contributed by atoms with E-state index in [2.05, 4.69) is 5.32 Å². The molecule has 1 atom stereocenters. The maximum Gasteiger partial charge on any atom is 0.295 e. The van der Waals surface area contributed by atoms with Crippen molar-refractivity contribution in [3.8, 4) is 0 Å². The van der Waals surface area contributed by atoms with Crippen LogP contribution in [0.4, 0.5) is 16.2 Å². The van der Waals surface area contributed by atoms with Gasteiger partial charge in [0.05, 0.1) is 5.69 Å². The maximum absolute atomic E-state index is 12.5. The topological polar surface area (TPSA) is 49.4 Å². The number of hydrogen-bond acceptors (Lipinski definition) is 4. The van der Waals surface area contributed by atoms with Crippen LogP contribution >= 0.6 is 23.4 Å². The van der Waals surface area contributed by atoms with Gasteiger partial charge in [0, 0.05) is 10.7 Å². The van der Waals surface area contributed by atoms with E-state index in [1.165, 1.54) is 4.90 Å². The number of carbonyl (C=O) groups excluding carboxylic acids is 2. The van der Waals surface area contributed by atoms with Crippen molar-refractivity contribution in [3.05, 3.63) is 58.6 Å². The highest BCUT2D eigenvalue weighted by Gasteiger charge is 2.40. The van der Waals surface area contributed by atoms with E-state index in [0.717, 1.165) is 22.9 Å². The molecule has 1 aliphatic rings. The van der Waals surface area contributed by atoms with Crippen LogP contribution in [0.1, 0.15) is 11.1 Å². The number of amides is 2. The van der Waals surface area contributed by atoms with Gasteiger partial charge in [0.25, 0.3) is 11.1 Å². The molecule has 2 aromatic carbocycles. The second kappa shape index (κ2) is 6.26. The second-order valence-corrected chi connectivity index (χ2v) is 6.84. The Bertz CT molecular complexity index is 777. The smallest absolute Gasteiger partial charge is 0.295 e. The minimum absolute atomic E-state index is 0.277. The molecule has 1 unspecified atom stereocenters. The summed E-state index contributed by atoms with van der Waals surface area (Å²) in [5, 5.41) is 2.75. The number of imide groups is 1. The summed E-state index contributed by atoms with van der Waals surface area (Å²) in [7, 11) is 0. The van der Waals surface area contributed by atoms with Crippen LogP contribution in [0.2, 0.25) is 5.02 Å². The van der Waals surface area contributed by atoms with Crippen LogP contribution < -0.4 is 10.2 Å². The van der Waals surface area contributed by atoms with Crippen molar-refractivity contribution in [2.45, 2.75) is 19.2 Å². The number of carbonyl (C=O) groups is 2. The molecule has 23 heavy (non-hydrogen) atoms. The third-order valence-corrected chi connectivity index (χ3v) is 4.95. The number of aryl methyl sites for hydroxylation is 2. The number of benzene rings is 2. The molecule has 2 aromatic rings. The maximum atomic E-state index is 12.5. The number of nitrogens with zero attached hydrogens (tertiary/aromatic N) is 1. The van der Waals surface area contributed by atoms with E-state index in [1.54, 1.807) is 18.2 Å². The zero-order chi connectivity index (χ0) is 16.6. The largest absolute Gasteiger partial charge is 0.365 e. The first-order valence-corrected chi connectivity index (χ1v) is 8.35. The van der Waals surface area contributed by atoms with Crippen LogP contribution in [0.5, 0.6) is 0 Å². The molecule has 2 amide bonds. The monoisotopic (exact) mass is 346 g/mol. The van der Waals surface area contributed by atoms with Crippen molar-refractivity contribution in [3.63, 3.8) is 0 Å². The lowest BCUT2D eigenvalue weighted by Gasteiger charge is -2.15. The summed E-state index contributed by atoms with van der Waals surface area (Å²) in [5.74, 6) is -0.277. The van der Waals surface area contributed by atoms with Crippen LogP contribution in [0.3, 0.4) is 0 Å². The van der Waals surface area contributed by atoms with Crippen LogP contribution in [0.25, 0.3) is 0 Å². The molecule has 1 fully saturated rings. The van der Waals surface area contributed by atoms with Crippen molar-refractivity contribution in [2.75, 3.05) is 10.2 Å². The predicted molar refractivity (Wildman–Crippen MR) is 95.3 cm³/mol. The van der Waals surface area contributed by atoms with Gasteiger partial charge in [-0.1, -0.05) is 35.4 Å². The van der Waals surface area contributed by atoms with Crippen molar-refractivity contribution in [2.24, 2.45) is 0 Å². The Labute approximate surface area is 143 Å². The zero-order valence-electron chi connectivity index (χ0n) is 12.7. The fraction of sp³-hybridized carbons (Fsp3) is 0.176. The third kappa shape index (κ3) is 3.21. The third-order valence-electron chi connectivity index (χ3n) is 3.61. The molecule has 0 aliphatic carbocycles. The molecular weight excluding hydrogens is 332 g/mol. The van der Waals surface area contributed by atoms with E-state index in [1.807, 2.05) is 38.1 Å². The Hall–Kier alpha value is -1.98. The van der Waals surface area contributed by atoms with Crippen molar-refractivity contribution in [1.82, 2.24) is 0 Å². The summed E-state index contributed by atoms with van der Waals surface area (Å²) in [5.41, 5.74) is 3.33. The molecule has 1 aliphatic heterocycles. The van der Waals surface area contributed by atoms with E-state index in [4.69, 9.17) is 11.6 Å². The molecule has 1 saturated heterocycles. The Morgan fingerprint density at radius 3 is 2.43 bits per heavy atom. The molecule has 4 nitrogen and oxygen atoms in total. The minimum Gasteiger partial charge on any atom is -0.365 e. The van der Waals surface area contributed by atoms with Gasteiger partial charge in [-0.3, -0.25) is 9.59 Å². The van der Waals surface area contributed by atoms with Gasteiger partial charge in [-0.2, -0.15) is 0 Å². The molecular formula is C17H15ClN2O2S. The van der Waals surface area contributed by atoms with Gasteiger partial charge in [0.1, 0.15) is 0 Å². The molecule has 0 radical (unpaired) electrons. The molecule has 0 aromatic heterocycles. The van der Waals surface area contributed by atoms with E-state index < -0.39 is 5.37 Å². The summed E-state index contributed by atoms with van der Waals surface area (Å²) in [6, 6.07) is 12.8. The Kier molecular flexibility index (Phi) is 4.33. The number of halogens is 1. The number of nitrogens with one attached hydrogen (secondary N) is 1. The van der Waals surface area contributed by atoms with Crippen LogP contribution in [0.15, 0.2) is 42.5 Å². The Morgan fingerprint density at radius 1 is 1.09 bits per heavy atom. The summed E-state index contributed by atoms with van der Waals surface area (Å²) in [6.07, 6.45) is 0. The lowest BCUT2D eigenvalue weighted by molar-refractivity contribution is -0.116. The van der Waals surface area contributed by atoms with Crippen molar-refractivity contribution >= 4 is 45.9 Å². The minimum atomic E-state index is -0.650. The highest BCUT2D eigenvalue weighted by molar-refractivity contribution is 8.16. The Morgan fingerprint density at radius 2 is 1.78 bits per heavy atom. The Balaban J connectivity index is 1.80. The molecule has 1 heterocycles. The molecule has 0 bridgehead atoms. The summed E-state index contributed by atoms with van der Waals surface area (Å²) in [6.45, 7) is 3.86.